The molecule has 0 spiro atoms. The number of hydrogen-bond donors (Lipinski definition) is 1. The van der Waals surface area contributed by atoms with Crippen molar-refractivity contribution in [3.8, 4) is 0 Å². The van der Waals surface area contributed by atoms with E-state index in [-0.39, 0.29) is 17.9 Å². The fraction of sp³-hybridized carbons (Fsp3) is 0.391. The highest BCUT2D eigenvalue weighted by molar-refractivity contribution is 5.95. The van der Waals surface area contributed by atoms with Crippen molar-refractivity contribution in [2.45, 2.75) is 46.6 Å². The van der Waals surface area contributed by atoms with E-state index in [4.69, 9.17) is 0 Å². The van der Waals surface area contributed by atoms with E-state index in [9.17, 15) is 9.59 Å². The Bertz CT molecular complexity index is 865. The molecule has 1 N–H and O–H groups in total. The van der Waals surface area contributed by atoms with Crippen LogP contribution in [0.1, 0.15) is 55.8 Å². The zero-order valence-corrected chi connectivity index (χ0v) is 16.6. The standard InChI is InChI=1S/C23H28N2O2/c1-15-5-7-19(13-17(15)3)22(26)24-21-9-11-25(12-10-21)23(27)20-8-6-16(2)18(4)14-20/h5-8,13-14,21H,9-12H2,1-4H3,(H,24,26). The monoisotopic (exact) mass is 364 g/mol. The average molecular weight is 364 g/mol. The first-order valence-electron chi connectivity index (χ1n) is 9.60. The van der Waals surface area contributed by atoms with Gasteiger partial charge in [-0.3, -0.25) is 9.59 Å². The van der Waals surface area contributed by atoms with Crippen LogP contribution in [0.2, 0.25) is 0 Å². The maximum absolute atomic E-state index is 12.7. The molecule has 1 fully saturated rings. The molecule has 0 aromatic heterocycles. The van der Waals surface area contributed by atoms with Crippen molar-refractivity contribution in [2.75, 3.05) is 13.1 Å². The number of carbonyl (C=O) groups is 2. The van der Waals surface area contributed by atoms with Gasteiger partial charge in [-0.2, -0.15) is 0 Å². The predicted octanol–water partition coefficient (Wildman–Crippen LogP) is 3.95. The summed E-state index contributed by atoms with van der Waals surface area (Å²) in [6.07, 6.45) is 1.57. The van der Waals surface area contributed by atoms with Crippen LogP contribution in [0.15, 0.2) is 36.4 Å². The van der Waals surface area contributed by atoms with E-state index in [1.54, 1.807) is 0 Å². The molecule has 2 amide bonds. The summed E-state index contributed by atoms with van der Waals surface area (Å²) in [7, 11) is 0. The van der Waals surface area contributed by atoms with Crippen molar-refractivity contribution in [3.05, 3.63) is 69.8 Å². The van der Waals surface area contributed by atoms with Crippen LogP contribution in [0.4, 0.5) is 0 Å². The first-order valence-corrected chi connectivity index (χ1v) is 9.60. The van der Waals surface area contributed by atoms with Gasteiger partial charge in [0.15, 0.2) is 0 Å². The molecule has 2 aromatic carbocycles. The third-order valence-corrected chi connectivity index (χ3v) is 5.64. The van der Waals surface area contributed by atoms with Crippen LogP contribution in [0, 0.1) is 27.7 Å². The van der Waals surface area contributed by atoms with Gasteiger partial charge in [0.2, 0.25) is 0 Å². The molecule has 4 nitrogen and oxygen atoms in total. The minimum Gasteiger partial charge on any atom is -0.349 e. The molecule has 1 heterocycles. The minimum absolute atomic E-state index is 0.0305. The zero-order chi connectivity index (χ0) is 19.6. The molecular formula is C23H28N2O2. The smallest absolute Gasteiger partial charge is 0.253 e. The Morgan fingerprint density at radius 1 is 0.815 bits per heavy atom. The van der Waals surface area contributed by atoms with Gasteiger partial charge in [-0.1, -0.05) is 12.1 Å². The molecule has 2 aromatic rings. The number of amides is 2. The average Bonchev–Trinajstić information content (AvgIpc) is 2.66. The number of hydrogen-bond acceptors (Lipinski definition) is 2. The van der Waals surface area contributed by atoms with Crippen molar-refractivity contribution in [1.29, 1.82) is 0 Å². The maximum atomic E-state index is 12.7. The Labute approximate surface area is 161 Å². The van der Waals surface area contributed by atoms with E-state index in [0.29, 0.717) is 18.7 Å². The van der Waals surface area contributed by atoms with Crippen molar-refractivity contribution >= 4 is 11.8 Å². The summed E-state index contributed by atoms with van der Waals surface area (Å²) >= 11 is 0. The van der Waals surface area contributed by atoms with Gasteiger partial charge >= 0.3 is 0 Å². The lowest BCUT2D eigenvalue weighted by molar-refractivity contribution is 0.0698. The number of nitrogens with one attached hydrogen (secondary N) is 1. The normalized spacial score (nSPS) is 14.9. The van der Waals surface area contributed by atoms with Crippen LogP contribution >= 0.6 is 0 Å². The summed E-state index contributed by atoms with van der Waals surface area (Å²) in [5, 5.41) is 3.12. The molecule has 0 unspecified atom stereocenters. The van der Waals surface area contributed by atoms with E-state index < -0.39 is 0 Å². The second-order valence-electron chi connectivity index (χ2n) is 7.64. The highest BCUT2D eigenvalue weighted by Crippen LogP contribution is 2.17. The molecule has 27 heavy (non-hydrogen) atoms. The summed E-state index contributed by atoms with van der Waals surface area (Å²) in [5.74, 6) is 0.0501. The zero-order valence-electron chi connectivity index (χ0n) is 16.6. The van der Waals surface area contributed by atoms with Gasteiger partial charge in [-0.25, -0.2) is 0 Å². The van der Waals surface area contributed by atoms with E-state index >= 15 is 0 Å². The Balaban J connectivity index is 1.56. The number of likely N-dealkylation sites (tertiary alicyclic amines) is 1. The number of aryl methyl sites for hydroxylation is 4. The van der Waals surface area contributed by atoms with Crippen LogP contribution in [-0.4, -0.2) is 35.8 Å². The molecule has 4 heteroatoms. The van der Waals surface area contributed by atoms with E-state index in [1.165, 1.54) is 11.1 Å². The number of piperidine rings is 1. The van der Waals surface area contributed by atoms with E-state index in [1.807, 2.05) is 69.0 Å². The number of carbonyl (C=O) groups excluding carboxylic acids is 2. The van der Waals surface area contributed by atoms with E-state index in [2.05, 4.69) is 5.32 Å². The lowest BCUT2D eigenvalue weighted by Gasteiger charge is -2.32. The summed E-state index contributed by atoms with van der Waals surface area (Å²) < 4.78 is 0. The summed E-state index contributed by atoms with van der Waals surface area (Å²) in [4.78, 5) is 27.1. The highest BCUT2D eigenvalue weighted by atomic mass is 16.2. The van der Waals surface area contributed by atoms with Crippen molar-refractivity contribution < 1.29 is 9.59 Å². The molecule has 0 atom stereocenters. The molecule has 0 bridgehead atoms. The number of nitrogens with zero attached hydrogens (tertiary/aromatic N) is 1. The lowest BCUT2D eigenvalue weighted by atomic mass is 10.0. The third-order valence-electron chi connectivity index (χ3n) is 5.64. The SMILES string of the molecule is Cc1ccc(C(=O)NC2CCN(C(=O)c3ccc(C)c(C)c3)CC2)cc1C. The number of rotatable bonds is 3. The Hall–Kier alpha value is -2.62. The van der Waals surface area contributed by atoms with Gasteiger partial charge in [-0.05, 0) is 87.1 Å². The largest absolute Gasteiger partial charge is 0.349 e. The van der Waals surface area contributed by atoms with Crippen LogP contribution in [0.3, 0.4) is 0 Å². The van der Waals surface area contributed by atoms with E-state index in [0.717, 1.165) is 29.5 Å². The minimum atomic E-state index is -0.0305. The quantitative estimate of drug-likeness (QED) is 0.896. The van der Waals surface area contributed by atoms with Gasteiger partial charge in [0.1, 0.15) is 0 Å². The molecule has 0 aliphatic carbocycles. The van der Waals surface area contributed by atoms with Gasteiger partial charge in [0, 0.05) is 30.3 Å². The summed E-state index contributed by atoms with van der Waals surface area (Å²) in [5.41, 5.74) is 6.08. The van der Waals surface area contributed by atoms with Crippen LogP contribution in [0.5, 0.6) is 0 Å². The molecule has 1 aliphatic heterocycles. The Morgan fingerprint density at radius 2 is 1.33 bits per heavy atom. The van der Waals surface area contributed by atoms with Gasteiger partial charge in [0.05, 0.1) is 0 Å². The Morgan fingerprint density at radius 3 is 1.89 bits per heavy atom. The maximum Gasteiger partial charge on any atom is 0.253 e. The van der Waals surface area contributed by atoms with Gasteiger partial charge in [-0.15, -0.1) is 0 Å². The fourth-order valence-corrected chi connectivity index (χ4v) is 3.44. The first kappa shape index (κ1) is 19.2. The summed E-state index contributed by atoms with van der Waals surface area (Å²) in [6.45, 7) is 9.48. The van der Waals surface area contributed by atoms with Crippen LogP contribution in [0.25, 0.3) is 0 Å². The Kier molecular flexibility index (Phi) is 5.64. The second-order valence-corrected chi connectivity index (χ2v) is 7.64. The van der Waals surface area contributed by atoms with Crippen molar-refractivity contribution in [1.82, 2.24) is 10.2 Å². The summed E-state index contributed by atoms with van der Waals surface area (Å²) in [6, 6.07) is 11.8. The van der Waals surface area contributed by atoms with Crippen molar-refractivity contribution in [2.24, 2.45) is 0 Å². The lowest BCUT2D eigenvalue weighted by Crippen LogP contribution is -2.46. The predicted molar refractivity (Wildman–Crippen MR) is 108 cm³/mol. The molecule has 142 valence electrons. The third kappa shape index (κ3) is 4.38. The molecule has 1 aliphatic rings. The van der Waals surface area contributed by atoms with Gasteiger partial charge in [0.25, 0.3) is 11.8 Å². The fourth-order valence-electron chi connectivity index (χ4n) is 3.44. The molecule has 1 saturated heterocycles. The highest BCUT2D eigenvalue weighted by Gasteiger charge is 2.25. The number of benzene rings is 2. The molecule has 0 saturated carbocycles. The molecule has 0 radical (unpaired) electrons. The van der Waals surface area contributed by atoms with Crippen molar-refractivity contribution in [3.63, 3.8) is 0 Å². The topological polar surface area (TPSA) is 49.4 Å². The van der Waals surface area contributed by atoms with Crippen LogP contribution < -0.4 is 5.32 Å². The molecular weight excluding hydrogens is 336 g/mol. The van der Waals surface area contributed by atoms with Crippen LogP contribution in [-0.2, 0) is 0 Å². The second kappa shape index (κ2) is 7.95. The first-order chi connectivity index (χ1) is 12.8. The van der Waals surface area contributed by atoms with Gasteiger partial charge < -0.3 is 10.2 Å². The molecule has 3 rings (SSSR count).